The summed E-state index contributed by atoms with van der Waals surface area (Å²) in [7, 11) is 0. The summed E-state index contributed by atoms with van der Waals surface area (Å²) >= 11 is 0. The van der Waals surface area contributed by atoms with Gasteiger partial charge in [0.2, 0.25) is 5.88 Å². The van der Waals surface area contributed by atoms with E-state index in [9.17, 15) is 22.8 Å². The lowest BCUT2D eigenvalue weighted by Crippen LogP contribution is -2.59. The number of ether oxygens (including phenoxy) is 1. The Bertz CT molecular complexity index is 1310. The van der Waals surface area contributed by atoms with Gasteiger partial charge in [-0.25, -0.2) is 4.98 Å². The van der Waals surface area contributed by atoms with Crippen LogP contribution in [0.3, 0.4) is 0 Å². The van der Waals surface area contributed by atoms with Crippen molar-refractivity contribution in [3.8, 4) is 17.1 Å². The van der Waals surface area contributed by atoms with E-state index in [1.165, 1.54) is 23.8 Å². The van der Waals surface area contributed by atoms with E-state index in [2.05, 4.69) is 20.0 Å². The lowest BCUT2D eigenvalue weighted by molar-refractivity contribution is -0.154. The second kappa shape index (κ2) is 10.2. The van der Waals surface area contributed by atoms with Gasteiger partial charge >= 0.3 is 6.18 Å². The molecule has 0 radical (unpaired) electrons. The Morgan fingerprint density at radius 1 is 1.13 bits per heavy atom. The standard InChI is InChI=1S/C28H29F3N4O3/c1-18-5-7-19(8-6-18)22-15-20(16-32-22)26(37)35-13-11-27(12-14-35)10-9-23(27)34-25(36)21-3-2-4-24(33-21)38-17-28(29,30)31/h2-8,15-16,23,32H,9-14,17H2,1H3,(H,34,36). The highest BCUT2D eigenvalue weighted by Gasteiger charge is 2.49. The van der Waals surface area contributed by atoms with E-state index in [4.69, 9.17) is 0 Å². The number of H-pyrrole nitrogens is 1. The summed E-state index contributed by atoms with van der Waals surface area (Å²) in [6, 6.07) is 14.1. The van der Waals surface area contributed by atoms with Crippen LogP contribution in [0.4, 0.5) is 13.2 Å². The molecule has 1 saturated heterocycles. The number of carbonyl (C=O) groups is 2. The monoisotopic (exact) mass is 526 g/mol. The summed E-state index contributed by atoms with van der Waals surface area (Å²) in [6.07, 6.45) is 0.542. The Morgan fingerprint density at radius 2 is 1.87 bits per heavy atom. The van der Waals surface area contributed by atoms with Crippen molar-refractivity contribution in [2.24, 2.45) is 5.41 Å². The molecule has 0 bridgehead atoms. The molecule has 1 aliphatic heterocycles. The van der Waals surface area contributed by atoms with Crippen molar-refractivity contribution in [3.05, 3.63) is 71.5 Å². The van der Waals surface area contributed by atoms with Crippen LogP contribution < -0.4 is 10.1 Å². The minimum Gasteiger partial charge on any atom is -0.468 e. The number of alkyl halides is 3. The van der Waals surface area contributed by atoms with Crippen molar-refractivity contribution in [3.63, 3.8) is 0 Å². The number of hydrogen-bond acceptors (Lipinski definition) is 4. The third-order valence-corrected chi connectivity index (χ3v) is 7.65. The highest BCUT2D eigenvalue weighted by atomic mass is 19.4. The fourth-order valence-corrected chi connectivity index (χ4v) is 5.29. The van der Waals surface area contributed by atoms with Crippen molar-refractivity contribution in [1.29, 1.82) is 0 Å². The van der Waals surface area contributed by atoms with Gasteiger partial charge in [0.05, 0.1) is 5.56 Å². The number of aryl methyl sites for hydroxylation is 1. The summed E-state index contributed by atoms with van der Waals surface area (Å²) in [4.78, 5) is 34.9. The number of piperidine rings is 1. The van der Waals surface area contributed by atoms with Gasteiger partial charge in [-0.2, -0.15) is 13.2 Å². The van der Waals surface area contributed by atoms with Crippen LogP contribution in [0.5, 0.6) is 5.88 Å². The SMILES string of the molecule is Cc1ccc(-c2cc(C(=O)N3CCC4(CCC4NC(=O)c4cccc(OCC(F)(F)F)n4)CC3)c[nH]2)cc1. The van der Waals surface area contributed by atoms with E-state index in [1.807, 2.05) is 42.2 Å². The van der Waals surface area contributed by atoms with E-state index < -0.39 is 18.7 Å². The molecular formula is C28H29F3N4O3. The zero-order valence-electron chi connectivity index (χ0n) is 21.0. The average Bonchev–Trinajstić information content (AvgIpc) is 3.40. The molecule has 1 saturated carbocycles. The molecule has 2 amide bonds. The number of carbonyl (C=O) groups excluding carboxylic acids is 2. The minimum atomic E-state index is -4.49. The third kappa shape index (κ3) is 5.54. The van der Waals surface area contributed by atoms with E-state index in [1.54, 1.807) is 6.20 Å². The van der Waals surface area contributed by atoms with Crippen LogP contribution in [0.2, 0.25) is 0 Å². The Balaban J connectivity index is 1.16. The molecule has 38 heavy (non-hydrogen) atoms. The minimum absolute atomic E-state index is 0.0103. The van der Waals surface area contributed by atoms with E-state index in [0.29, 0.717) is 18.7 Å². The maximum Gasteiger partial charge on any atom is 0.422 e. The number of rotatable bonds is 6. The van der Waals surface area contributed by atoms with Crippen LogP contribution in [-0.4, -0.2) is 58.6 Å². The van der Waals surface area contributed by atoms with Gasteiger partial charge in [0.1, 0.15) is 5.69 Å². The second-order valence-electron chi connectivity index (χ2n) is 10.2. The van der Waals surface area contributed by atoms with Gasteiger partial charge in [-0.1, -0.05) is 35.9 Å². The van der Waals surface area contributed by atoms with E-state index >= 15 is 0 Å². The number of aromatic amines is 1. The lowest BCUT2D eigenvalue weighted by Gasteiger charge is -2.54. The van der Waals surface area contributed by atoms with E-state index in [0.717, 1.165) is 36.9 Å². The normalized spacial score (nSPS) is 18.6. The van der Waals surface area contributed by atoms with Crippen LogP contribution in [0.1, 0.15) is 52.1 Å². The van der Waals surface area contributed by atoms with Gasteiger partial charge in [-0.3, -0.25) is 9.59 Å². The van der Waals surface area contributed by atoms with Crippen molar-refractivity contribution in [2.45, 2.75) is 44.8 Å². The second-order valence-corrected chi connectivity index (χ2v) is 10.2. The molecule has 1 aromatic carbocycles. The number of pyridine rings is 1. The van der Waals surface area contributed by atoms with Gasteiger partial charge in [0.25, 0.3) is 11.8 Å². The van der Waals surface area contributed by atoms with Gasteiger partial charge < -0.3 is 19.9 Å². The maximum atomic E-state index is 13.2. The Kier molecular flexibility index (Phi) is 6.90. The van der Waals surface area contributed by atoms with Crippen LogP contribution in [0.15, 0.2) is 54.7 Å². The van der Waals surface area contributed by atoms with Crippen LogP contribution in [0.25, 0.3) is 11.3 Å². The molecule has 1 aliphatic carbocycles. The molecular weight excluding hydrogens is 497 g/mol. The Hall–Kier alpha value is -3.82. The number of hydrogen-bond donors (Lipinski definition) is 2. The molecule has 7 nitrogen and oxygen atoms in total. The molecule has 1 spiro atoms. The molecule has 3 aromatic rings. The molecule has 1 atom stereocenters. The first kappa shape index (κ1) is 25.8. The zero-order valence-corrected chi connectivity index (χ0v) is 21.0. The molecule has 2 aliphatic rings. The van der Waals surface area contributed by atoms with Gasteiger partial charge in [-0.05, 0) is 55.7 Å². The van der Waals surface area contributed by atoms with Crippen molar-refractivity contribution < 1.29 is 27.5 Å². The number of amides is 2. The smallest absolute Gasteiger partial charge is 0.422 e. The number of halogens is 3. The fraction of sp³-hybridized carbons (Fsp3) is 0.393. The third-order valence-electron chi connectivity index (χ3n) is 7.65. The summed E-state index contributed by atoms with van der Waals surface area (Å²) in [5.74, 6) is -0.712. The van der Waals surface area contributed by atoms with Crippen molar-refractivity contribution in [1.82, 2.24) is 20.2 Å². The molecule has 2 aromatic heterocycles. The molecule has 1 unspecified atom stereocenters. The predicted octanol–water partition coefficient (Wildman–Crippen LogP) is 5.14. The Labute approximate surface area is 218 Å². The van der Waals surface area contributed by atoms with Gasteiger partial charge in [0, 0.05) is 37.1 Å². The fourth-order valence-electron chi connectivity index (χ4n) is 5.29. The van der Waals surface area contributed by atoms with Crippen molar-refractivity contribution in [2.75, 3.05) is 19.7 Å². The first-order valence-corrected chi connectivity index (χ1v) is 12.6. The van der Waals surface area contributed by atoms with Gasteiger partial charge in [-0.15, -0.1) is 0 Å². The van der Waals surface area contributed by atoms with Crippen LogP contribution >= 0.6 is 0 Å². The molecule has 3 heterocycles. The van der Waals surface area contributed by atoms with E-state index in [-0.39, 0.29) is 28.9 Å². The number of nitrogens with zero attached hydrogens (tertiary/aromatic N) is 2. The summed E-state index contributed by atoms with van der Waals surface area (Å²) in [5, 5.41) is 3.01. The molecule has 5 rings (SSSR count). The highest BCUT2D eigenvalue weighted by Crippen LogP contribution is 2.49. The van der Waals surface area contributed by atoms with Crippen LogP contribution in [-0.2, 0) is 0 Å². The highest BCUT2D eigenvalue weighted by molar-refractivity contribution is 5.95. The zero-order chi connectivity index (χ0) is 26.9. The molecule has 2 fully saturated rings. The number of nitrogens with one attached hydrogen (secondary N) is 2. The van der Waals surface area contributed by atoms with Crippen molar-refractivity contribution >= 4 is 11.8 Å². The number of aromatic nitrogens is 2. The first-order valence-electron chi connectivity index (χ1n) is 12.6. The Morgan fingerprint density at radius 3 is 2.53 bits per heavy atom. The molecule has 200 valence electrons. The predicted molar refractivity (Wildman–Crippen MR) is 135 cm³/mol. The summed E-state index contributed by atoms with van der Waals surface area (Å²) in [6.45, 7) is 1.74. The quantitative estimate of drug-likeness (QED) is 0.466. The maximum absolute atomic E-state index is 13.2. The van der Waals surface area contributed by atoms with Gasteiger partial charge in [0.15, 0.2) is 6.61 Å². The average molecular weight is 527 g/mol. The first-order chi connectivity index (χ1) is 18.1. The largest absolute Gasteiger partial charge is 0.468 e. The number of likely N-dealkylation sites (tertiary alicyclic amines) is 1. The van der Waals surface area contributed by atoms with Crippen LogP contribution in [0, 0.1) is 12.3 Å². The number of benzene rings is 1. The summed E-state index contributed by atoms with van der Waals surface area (Å²) < 4.78 is 41.9. The topological polar surface area (TPSA) is 87.3 Å². The lowest BCUT2D eigenvalue weighted by atomic mass is 9.59. The summed E-state index contributed by atoms with van der Waals surface area (Å²) in [5.41, 5.74) is 3.62. The molecule has 2 N–H and O–H groups in total. The molecule has 10 heteroatoms.